The van der Waals surface area contributed by atoms with Crippen molar-refractivity contribution in [3.63, 3.8) is 0 Å². The molecule has 0 saturated carbocycles. The summed E-state index contributed by atoms with van der Waals surface area (Å²) in [4.78, 5) is 14.2. The fraction of sp³-hybridized carbons (Fsp3) is 0.611. The Morgan fingerprint density at radius 2 is 1.96 bits per heavy atom. The van der Waals surface area contributed by atoms with Crippen molar-refractivity contribution in [3.05, 3.63) is 35.9 Å². The first-order valence-electron chi connectivity index (χ1n) is 8.03. The molecule has 0 bridgehead atoms. The van der Waals surface area contributed by atoms with Crippen molar-refractivity contribution < 1.29 is 9.53 Å². The molecule has 0 aliphatic carbocycles. The maximum Gasteiger partial charge on any atom is 0.311 e. The Morgan fingerprint density at radius 1 is 1.30 bits per heavy atom. The minimum Gasteiger partial charge on any atom is -0.469 e. The fourth-order valence-electron chi connectivity index (χ4n) is 3.28. The molecule has 0 aromatic heterocycles. The number of nitrogens with two attached hydrogens (primary N) is 1. The first kappa shape index (κ1) is 19.9. The molecule has 1 fully saturated rings. The highest BCUT2D eigenvalue weighted by Crippen LogP contribution is 2.33. The molecule has 1 aliphatic heterocycles. The van der Waals surface area contributed by atoms with Crippen molar-refractivity contribution in [2.75, 3.05) is 33.3 Å². The van der Waals surface area contributed by atoms with E-state index in [1.54, 1.807) is 0 Å². The predicted octanol–water partition coefficient (Wildman–Crippen LogP) is 2.67. The first-order valence-corrected chi connectivity index (χ1v) is 8.03. The number of hydrogen-bond donors (Lipinski definition) is 1. The molecule has 1 heterocycles. The summed E-state index contributed by atoms with van der Waals surface area (Å²) >= 11 is 0. The van der Waals surface area contributed by atoms with Crippen molar-refractivity contribution in [2.45, 2.75) is 26.2 Å². The Hall–Kier alpha value is -1.10. The van der Waals surface area contributed by atoms with Gasteiger partial charge in [-0.05, 0) is 44.8 Å². The summed E-state index contributed by atoms with van der Waals surface area (Å²) in [6.07, 6.45) is 0.804. The normalized spacial score (nSPS) is 21.7. The number of carbonyl (C=O) groups is 1. The number of esters is 1. The molecular weight excluding hydrogens is 312 g/mol. The van der Waals surface area contributed by atoms with Gasteiger partial charge in [-0.15, -0.1) is 12.4 Å². The summed E-state index contributed by atoms with van der Waals surface area (Å²) in [5, 5.41) is 0. The number of nitrogens with zero attached hydrogens (tertiary/aromatic N) is 1. The van der Waals surface area contributed by atoms with Gasteiger partial charge in [0.1, 0.15) is 0 Å². The van der Waals surface area contributed by atoms with E-state index >= 15 is 0 Å². The van der Waals surface area contributed by atoms with E-state index in [1.165, 1.54) is 12.7 Å². The number of halogens is 1. The monoisotopic (exact) mass is 340 g/mol. The van der Waals surface area contributed by atoms with Gasteiger partial charge in [0.05, 0.1) is 12.5 Å². The minimum atomic E-state index is -0.433. The van der Waals surface area contributed by atoms with Gasteiger partial charge >= 0.3 is 5.97 Å². The van der Waals surface area contributed by atoms with Gasteiger partial charge in [-0.2, -0.15) is 0 Å². The average molecular weight is 341 g/mol. The SMILES string of the molecule is COC(=O)C(C)(C)CCN1C[C@@H](CN)[C@H](c2ccccc2)C1.Cl. The Labute approximate surface area is 145 Å². The molecule has 2 atom stereocenters. The van der Waals surface area contributed by atoms with Crippen LogP contribution in [0.1, 0.15) is 31.7 Å². The van der Waals surface area contributed by atoms with Crippen LogP contribution in [0, 0.1) is 11.3 Å². The zero-order valence-corrected chi connectivity index (χ0v) is 15.1. The van der Waals surface area contributed by atoms with Crippen LogP contribution in [0.5, 0.6) is 0 Å². The van der Waals surface area contributed by atoms with Gasteiger partial charge in [0.25, 0.3) is 0 Å². The van der Waals surface area contributed by atoms with Crippen LogP contribution in [0.3, 0.4) is 0 Å². The van der Waals surface area contributed by atoms with Crippen LogP contribution in [0.2, 0.25) is 0 Å². The molecule has 5 heteroatoms. The summed E-state index contributed by atoms with van der Waals surface area (Å²) in [6.45, 7) is 7.53. The molecule has 0 unspecified atom stereocenters. The van der Waals surface area contributed by atoms with E-state index in [0.717, 1.165) is 26.1 Å². The lowest BCUT2D eigenvalue weighted by Gasteiger charge is -2.25. The Bertz CT molecular complexity index is 493. The van der Waals surface area contributed by atoms with Crippen molar-refractivity contribution in [2.24, 2.45) is 17.1 Å². The highest BCUT2D eigenvalue weighted by atomic mass is 35.5. The van der Waals surface area contributed by atoms with Crippen LogP contribution in [-0.4, -0.2) is 44.2 Å². The average Bonchev–Trinajstić information content (AvgIpc) is 2.96. The van der Waals surface area contributed by atoms with E-state index in [9.17, 15) is 4.79 Å². The number of hydrogen-bond acceptors (Lipinski definition) is 4. The van der Waals surface area contributed by atoms with E-state index in [0.29, 0.717) is 18.4 Å². The molecule has 4 nitrogen and oxygen atoms in total. The van der Waals surface area contributed by atoms with Gasteiger partial charge in [0, 0.05) is 19.0 Å². The Balaban J connectivity index is 0.00000264. The van der Waals surface area contributed by atoms with Crippen LogP contribution < -0.4 is 5.73 Å². The van der Waals surface area contributed by atoms with Crippen LogP contribution in [0.25, 0.3) is 0 Å². The third kappa shape index (κ3) is 4.93. The van der Waals surface area contributed by atoms with E-state index in [-0.39, 0.29) is 18.4 Å². The van der Waals surface area contributed by atoms with Gasteiger partial charge in [0.2, 0.25) is 0 Å². The highest BCUT2D eigenvalue weighted by Gasteiger charge is 2.35. The first-order chi connectivity index (χ1) is 10.5. The molecule has 2 N–H and O–H groups in total. The molecule has 23 heavy (non-hydrogen) atoms. The molecule has 1 aromatic rings. The van der Waals surface area contributed by atoms with Crippen molar-refractivity contribution in [1.82, 2.24) is 4.90 Å². The van der Waals surface area contributed by atoms with Gasteiger partial charge in [-0.25, -0.2) is 0 Å². The lowest BCUT2D eigenvalue weighted by molar-refractivity contribution is -0.151. The van der Waals surface area contributed by atoms with Crippen molar-refractivity contribution >= 4 is 18.4 Å². The molecule has 1 saturated heterocycles. The van der Waals surface area contributed by atoms with E-state index < -0.39 is 5.41 Å². The van der Waals surface area contributed by atoms with Crippen molar-refractivity contribution in [3.8, 4) is 0 Å². The number of rotatable bonds is 6. The van der Waals surface area contributed by atoms with Crippen LogP contribution in [0.15, 0.2) is 30.3 Å². The van der Waals surface area contributed by atoms with E-state index in [1.807, 2.05) is 19.9 Å². The second-order valence-corrected chi connectivity index (χ2v) is 6.90. The zero-order chi connectivity index (χ0) is 16.2. The van der Waals surface area contributed by atoms with Gasteiger partial charge < -0.3 is 15.4 Å². The summed E-state index contributed by atoms with van der Waals surface area (Å²) in [5.74, 6) is 0.845. The molecule has 1 aliphatic rings. The summed E-state index contributed by atoms with van der Waals surface area (Å²) < 4.78 is 4.89. The summed E-state index contributed by atoms with van der Waals surface area (Å²) in [6, 6.07) is 10.6. The second-order valence-electron chi connectivity index (χ2n) is 6.90. The molecule has 2 rings (SSSR count). The van der Waals surface area contributed by atoms with Gasteiger partial charge in [-0.1, -0.05) is 30.3 Å². The topological polar surface area (TPSA) is 55.6 Å². The van der Waals surface area contributed by atoms with Gasteiger partial charge in [0.15, 0.2) is 0 Å². The number of carbonyl (C=O) groups excluding carboxylic acids is 1. The Morgan fingerprint density at radius 3 is 2.52 bits per heavy atom. The van der Waals surface area contributed by atoms with Crippen LogP contribution in [0.4, 0.5) is 0 Å². The summed E-state index contributed by atoms with van der Waals surface area (Å²) in [5.41, 5.74) is 6.91. The fourth-order valence-corrected chi connectivity index (χ4v) is 3.28. The minimum absolute atomic E-state index is 0. The molecule has 0 radical (unpaired) electrons. The molecular formula is C18H29ClN2O2. The maximum absolute atomic E-state index is 11.8. The number of likely N-dealkylation sites (tertiary alicyclic amines) is 1. The molecule has 1 aromatic carbocycles. The number of methoxy groups -OCH3 is 1. The Kier molecular flexibility index (Phi) is 7.52. The molecule has 130 valence electrons. The third-order valence-corrected chi connectivity index (χ3v) is 4.84. The predicted molar refractivity (Wildman–Crippen MR) is 95.8 cm³/mol. The zero-order valence-electron chi connectivity index (χ0n) is 14.3. The summed E-state index contributed by atoms with van der Waals surface area (Å²) in [7, 11) is 1.45. The smallest absolute Gasteiger partial charge is 0.311 e. The van der Waals surface area contributed by atoms with Crippen molar-refractivity contribution in [1.29, 1.82) is 0 Å². The van der Waals surface area contributed by atoms with Gasteiger partial charge in [-0.3, -0.25) is 4.79 Å². The number of benzene rings is 1. The van der Waals surface area contributed by atoms with Crippen LogP contribution >= 0.6 is 12.4 Å². The van der Waals surface area contributed by atoms with E-state index in [2.05, 4.69) is 29.2 Å². The third-order valence-electron chi connectivity index (χ3n) is 4.84. The lowest BCUT2D eigenvalue weighted by atomic mass is 9.89. The largest absolute Gasteiger partial charge is 0.469 e. The lowest BCUT2D eigenvalue weighted by Crippen LogP contribution is -2.32. The number of ether oxygens (including phenoxy) is 1. The second kappa shape index (κ2) is 8.67. The highest BCUT2D eigenvalue weighted by molar-refractivity contribution is 5.85. The maximum atomic E-state index is 11.8. The van der Waals surface area contributed by atoms with Crippen LogP contribution in [-0.2, 0) is 9.53 Å². The van der Waals surface area contributed by atoms with E-state index in [4.69, 9.17) is 10.5 Å². The molecule has 0 amide bonds. The quantitative estimate of drug-likeness (QED) is 0.809. The standard InChI is InChI=1S/C18H28N2O2.ClH/c1-18(2,17(21)22-3)9-10-20-12-15(11-19)16(13-20)14-7-5-4-6-8-14;/h4-8,15-16H,9-13,19H2,1-3H3;1H/t15-,16+;/m1./s1. The molecule has 0 spiro atoms.